The van der Waals surface area contributed by atoms with Gasteiger partial charge >= 0.3 is 0 Å². The Morgan fingerprint density at radius 3 is 2.79 bits per heavy atom. The Hall–Kier alpha value is -1.28. The van der Waals surface area contributed by atoms with Crippen molar-refractivity contribution in [2.75, 3.05) is 6.54 Å². The summed E-state index contributed by atoms with van der Waals surface area (Å²) in [6.45, 7) is 1.13. The van der Waals surface area contributed by atoms with E-state index >= 15 is 0 Å². The highest BCUT2D eigenvalue weighted by Crippen LogP contribution is 2.17. The van der Waals surface area contributed by atoms with Gasteiger partial charge < -0.3 is 10.4 Å². The van der Waals surface area contributed by atoms with Crippen LogP contribution in [0.25, 0.3) is 0 Å². The van der Waals surface area contributed by atoms with Crippen LogP contribution >= 0.6 is 0 Å². The normalized spacial score (nSPS) is 21.8. The molecule has 1 aliphatic heterocycles. The first-order valence-corrected chi connectivity index (χ1v) is 7.53. The first-order valence-electron chi connectivity index (χ1n) is 7.53. The van der Waals surface area contributed by atoms with Gasteiger partial charge in [0.2, 0.25) is 0 Å². The van der Waals surface area contributed by atoms with E-state index in [-0.39, 0.29) is 0 Å². The highest BCUT2D eigenvalue weighted by Gasteiger charge is 2.06. The molecule has 104 valence electrons. The van der Waals surface area contributed by atoms with Gasteiger partial charge in [-0.1, -0.05) is 56.0 Å². The molecule has 2 rings (SSSR count). The fourth-order valence-corrected chi connectivity index (χ4v) is 2.62. The van der Waals surface area contributed by atoms with E-state index in [2.05, 4.69) is 17.5 Å². The van der Waals surface area contributed by atoms with Gasteiger partial charge in [-0.05, 0) is 37.4 Å². The third-order valence-electron chi connectivity index (χ3n) is 3.80. The fourth-order valence-electron chi connectivity index (χ4n) is 2.62. The lowest BCUT2D eigenvalue weighted by molar-refractivity contribution is 0.469. The molecule has 1 unspecified atom stereocenters. The summed E-state index contributed by atoms with van der Waals surface area (Å²) in [6, 6.07) is 8.07. The summed E-state index contributed by atoms with van der Waals surface area (Å²) >= 11 is 0. The van der Waals surface area contributed by atoms with Gasteiger partial charge in [0.1, 0.15) is 5.75 Å². The van der Waals surface area contributed by atoms with E-state index in [1.165, 1.54) is 38.5 Å². The van der Waals surface area contributed by atoms with Crippen LogP contribution in [0.15, 0.2) is 36.4 Å². The van der Waals surface area contributed by atoms with Crippen molar-refractivity contribution < 1.29 is 5.11 Å². The predicted molar refractivity (Wildman–Crippen MR) is 80.4 cm³/mol. The molecule has 0 radical (unpaired) electrons. The molecule has 1 aliphatic rings. The van der Waals surface area contributed by atoms with Gasteiger partial charge in [-0.25, -0.2) is 0 Å². The smallest absolute Gasteiger partial charge is 0.119 e. The molecule has 2 heteroatoms. The second-order valence-corrected chi connectivity index (χ2v) is 5.38. The highest BCUT2D eigenvalue weighted by atomic mass is 16.3. The van der Waals surface area contributed by atoms with E-state index in [0.717, 1.165) is 18.5 Å². The molecule has 1 aromatic rings. The second kappa shape index (κ2) is 8.00. The average Bonchev–Trinajstić information content (AvgIpc) is 2.55. The van der Waals surface area contributed by atoms with E-state index in [9.17, 15) is 5.11 Å². The summed E-state index contributed by atoms with van der Waals surface area (Å²) in [5, 5.41) is 13.3. The Kier molecular flexibility index (Phi) is 5.96. The standard InChI is InChI=1S/C17H25NO/c19-17-13-6-5-9-15(17)10-8-12-16-11-4-2-1-3-7-14-18-16/h5-6,8-9,12-13,16,18-19H,1-4,7,10-11,14H2/b12-8+. The fraction of sp³-hybridized carbons (Fsp3) is 0.529. The SMILES string of the molecule is Oc1ccccc1C/C=C/C1CCCCCCCN1. The molecule has 0 saturated carbocycles. The highest BCUT2D eigenvalue weighted by molar-refractivity contribution is 5.33. The maximum absolute atomic E-state index is 9.72. The molecule has 2 nitrogen and oxygen atoms in total. The summed E-state index contributed by atoms with van der Waals surface area (Å²) in [4.78, 5) is 0. The third kappa shape index (κ3) is 5.07. The summed E-state index contributed by atoms with van der Waals surface area (Å²) in [5.74, 6) is 0.398. The van der Waals surface area contributed by atoms with Gasteiger partial charge in [0.25, 0.3) is 0 Å². The number of rotatable bonds is 3. The molecule has 1 fully saturated rings. The molecule has 0 aromatic heterocycles. The Bertz CT molecular complexity index is 390. The van der Waals surface area contributed by atoms with Crippen LogP contribution in [0.4, 0.5) is 0 Å². The van der Waals surface area contributed by atoms with Gasteiger partial charge in [-0.3, -0.25) is 0 Å². The zero-order valence-electron chi connectivity index (χ0n) is 11.6. The lowest BCUT2D eigenvalue weighted by Gasteiger charge is -2.13. The number of benzene rings is 1. The number of aromatic hydroxyl groups is 1. The van der Waals surface area contributed by atoms with Gasteiger partial charge in [-0.15, -0.1) is 0 Å². The van der Waals surface area contributed by atoms with Crippen molar-refractivity contribution in [3.63, 3.8) is 0 Å². The van der Waals surface area contributed by atoms with Gasteiger partial charge in [0, 0.05) is 6.04 Å². The molecule has 0 bridgehead atoms. The number of hydrogen-bond donors (Lipinski definition) is 2. The Labute approximate surface area is 116 Å². The van der Waals surface area contributed by atoms with E-state index in [4.69, 9.17) is 0 Å². The van der Waals surface area contributed by atoms with E-state index in [0.29, 0.717) is 11.8 Å². The van der Waals surface area contributed by atoms with Crippen LogP contribution in [0.5, 0.6) is 5.75 Å². The number of phenols is 1. The molecule has 1 aromatic carbocycles. The quantitative estimate of drug-likeness (QED) is 0.809. The van der Waals surface area contributed by atoms with E-state index in [1.54, 1.807) is 6.07 Å². The van der Waals surface area contributed by atoms with Crippen molar-refractivity contribution in [3.05, 3.63) is 42.0 Å². The Morgan fingerprint density at radius 1 is 1.11 bits per heavy atom. The zero-order valence-corrected chi connectivity index (χ0v) is 11.6. The van der Waals surface area contributed by atoms with Crippen molar-refractivity contribution in [2.24, 2.45) is 0 Å². The lowest BCUT2D eigenvalue weighted by atomic mass is 10.1. The molecule has 1 atom stereocenters. The number of para-hydroxylation sites is 1. The van der Waals surface area contributed by atoms with Gasteiger partial charge in [-0.2, -0.15) is 0 Å². The molecular weight excluding hydrogens is 234 g/mol. The molecule has 19 heavy (non-hydrogen) atoms. The molecule has 1 saturated heterocycles. The van der Waals surface area contributed by atoms with Crippen LogP contribution in [-0.2, 0) is 6.42 Å². The summed E-state index contributed by atoms with van der Waals surface area (Å²) in [6.07, 6.45) is 13.2. The number of allylic oxidation sites excluding steroid dienone is 1. The minimum absolute atomic E-state index is 0.398. The Balaban J connectivity index is 1.84. The molecule has 1 heterocycles. The maximum Gasteiger partial charge on any atom is 0.119 e. The van der Waals surface area contributed by atoms with Crippen molar-refractivity contribution in [1.82, 2.24) is 5.32 Å². The van der Waals surface area contributed by atoms with Crippen LogP contribution < -0.4 is 5.32 Å². The minimum Gasteiger partial charge on any atom is -0.508 e. The lowest BCUT2D eigenvalue weighted by Crippen LogP contribution is -2.27. The molecule has 0 aliphatic carbocycles. The van der Waals surface area contributed by atoms with Crippen molar-refractivity contribution in [1.29, 1.82) is 0 Å². The number of phenolic OH excluding ortho intramolecular Hbond substituents is 1. The summed E-state index contributed by atoms with van der Waals surface area (Å²) < 4.78 is 0. The van der Waals surface area contributed by atoms with Crippen molar-refractivity contribution in [2.45, 2.75) is 51.0 Å². The zero-order chi connectivity index (χ0) is 13.3. The topological polar surface area (TPSA) is 32.3 Å². The third-order valence-corrected chi connectivity index (χ3v) is 3.80. The predicted octanol–water partition coefficient (Wildman–Crippen LogP) is 3.80. The van der Waals surface area contributed by atoms with Crippen LogP contribution in [0.3, 0.4) is 0 Å². The monoisotopic (exact) mass is 259 g/mol. The molecule has 0 spiro atoms. The van der Waals surface area contributed by atoms with Gasteiger partial charge in [0.15, 0.2) is 0 Å². The first-order chi connectivity index (χ1) is 9.36. The van der Waals surface area contributed by atoms with Crippen LogP contribution in [0.1, 0.15) is 44.1 Å². The van der Waals surface area contributed by atoms with E-state index in [1.807, 2.05) is 18.2 Å². The number of nitrogens with one attached hydrogen (secondary N) is 1. The maximum atomic E-state index is 9.72. The second-order valence-electron chi connectivity index (χ2n) is 5.38. The van der Waals surface area contributed by atoms with Crippen LogP contribution in [-0.4, -0.2) is 17.7 Å². The summed E-state index contributed by atoms with van der Waals surface area (Å²) in [7, 11) is 0. The van der Waals surface area contributed by atoms with Gasteiger partial charge in [0.05, 0.1) is 0 Å². The first kappa shape index (κ1) is 14.1. The molecule has 0 amide bonds. The Morgan fingerprint density at radius 2 is 1.89 bits per heavy atom. The van der Waals surface area contributed by atoms with E-state index < -0.39 is 0 Å². The van der Waals surface area contributed by atoms with Crippen molar-refractivity contribution >= 4 is 0 Å². The minimum atomic E-state index is 0.398. The summed E-state index contributed by atoms with van der Waals surface area (Å²) in [5.41, 5.74) is 1.00. The molecule has 2 N–H and O–H groups in total. The average molecular weight is 259 g/mol. The largest absolute Gasteiger partial charge is 0.508 e. The molecular formula is C17H25NO. The number of hydrogen-bond acceptors (Lipinski definition) is 2. The van der Waals surface area contributed by atoms with Crippen LogP contribution in [0.2, 0.25) is 0 Å². The van der Waals surface area contributed by atoms with Crippen molar-refractivity contribution in [3.8, 4) is 5.75 Å². The van der Waals surface area contributed by atoms with Crippen LogP contribution in [0, 0.1) is 0 Å².